The van der Waals surface area contributed by atoms with Crippen LogP contribution in [0.25, 0.3) is 0 Å². The Bertz CT molecular complexity index is 234. The van der Waals surface area contributed by atoms with Crippen LogP contribution in [0.5, 0.6) is 0 Å². The molecule has 15 heavy (non-hydrogen) atoms. The Morgan fingerprint density at radius 1 is 1.27 bits per heavy atom. The minimum atomic E-state index is -0.411. The lowest BCUT2D eigenvalue weighted by molar-refractivity contribution is 0.154. The van der Waals surface area contributed by atoms with Crippen LogP contribution in [0, 0.1) is 0 Å². The van der Waals surface area contributed by atoms with Gasteiger partial charge in [0.05, 0.1) is 0 Å². The number of aliphatic hydroxyl groups excluding tert-OH is 1. The van der Waals surface area contributed by atoms with E-state index in [0.717, 1.165) is 12.8 Å². The van der Waals surface area contributed by atoms with Crippen LogP contribution in [-0.2, 0) is 0 Å². The number of imidazole rings is 1. The van der Waals surface area contributed by atoms with Crippen molar-refractivity contribution in [1.29, 1.82) is 0 Å². The first kappa shape index (κ1) is 12.2. The van der Waals surface area contributed by atoms with E-state index < -0.39 is 6.10 Å². The van der Waals surface area contributed by atoms with Gasteiger partial charge in [0, 0.05) is 12.4 Å². The molecule has 0 aromatic carbocycles. The summed E-state index contributed by atoms with van der Waals surface area (Å²) >= 11 is 0. The van der Waals surface area contributed by atoms with E-state index in [9.17, 15) is 5.11 Å². The van der Waals surface area contributed by atoms with Crippen LogP contribution in [0.4, 0.5) is 0 Å². The van der Waals surface area contributed by atoms with Gasteiger partial charge in [0.2, 0.25) is 0 Å². The third-order valence-electron chi connectivity index (χ3n) is 2.67. The van der Waals surface area contributed by atoms with Gasteiger partial charge in [-0.25, -0.2) is 4.98 Å². The smallest absolute Gasteiger partial charge is 0.134 e. The van der Waals surface area contributed by atoms with Gasteiger partial charge in [-0.3, -0.25) is 0 Å². The highest BCUT2D eigenvalue weighted by Gasteiger charge is 2.08. The van der Waals surface area contributed by atoms with Crippen LogP contribution in [0.1, 0.15) is 63.8 Å². The number of H-pyrrole nitrogens is 1. The van der Waals surface area contributed by atoms with E-state index >= 15 is 0 Å². The Balaban J connectivity index is 2.00. The summed E-state index contributed by atoms with van der Waals surface area (Å²) < 4.78 is 0. The fourth-order valence-electron chi connectivity index (χ4n) is 1.71. The molecule has 0 amide bonds. The van der Waals surface area contributed by atoms with E-state index in [1.807, 2.05) is 0 Å². The molecule has 86 valence electrons. The van der Waals surface area contributed by atoms with E-state index in [2.05, 4.69) is 16.9 Å². The molecule has 0 aliphatic heterocycles. The second-order valence-electron chi connectivity index (χ2n) is 4.05. The average Bonchev–Trinajstić information content (AvgIpc) is 2.76. The lowest BCUT2D eigenvalue weighted by atomic mass is 10.1. The third-order valence-corrected chi connectivity index (χ3v) is 2.67. The Morgan fingerprint density at radius 2 is 2.00 bits per heavy atom. The highest BCUT2D eigenvalue weighted by molar-refractivity contribution is 4.91. The van der Waals surface area contributed by atoms with Crippen LogP contribution in [-0.4, -0.2) is 15.1 Å². The fourth-order valence-corrected chi connectivity index (χ4v) is 1.71. The first-order valence-electron chi connectivity index (χ1n) is 6.02. The van der Waals surface area contributed by atoms with Crippen molar-refractivity contribution in [1.82, 2.24) is 9.97 Å². The topological polar surface area (TPSA) is 48.9 Å². The van der Waals surface area contributed by atoms with Gasteiger partial charge in [-0.1, -0.05) is 45.4 Å². The number of hydrogen-bond acceptors (Lipinski definition) is 2. The maximum absolute atomic E-state index is 9.72. The van der Waals surface area contributed by atoms with Crippen molar-refractivity contribution in [2.45, 2.75) is 58.0 Å². The highest BCUT2D eigenvalue weighted by Crippen LogP contribution is 2.16. The molecular formula is C12H22N2O. The molecule has 0 spiro atoms. The molecule has 1 rings (SSSR count). The number of unbranched alkanes of at least 4 members (excludes halogenated alkanes) is 5. The molecule has 0 saturated heterocycles. The third kappa shape index (κ3) is 4.98. The SMILES string of the molecule is CCCCCCCCC(O)c1ncc[nH]1. The molecular weight excluding hydrogens is 188 g/mol. The van der Waals surface area contributed by atoms with Crippen molar-refractivity contribution in [2.75, 3.05) is 0 Å². The average molecular weight is 210 g/mol. The summed E-state index contributed by atoms with van der Waals surface area (Å²) in [4.78, 5) is 6.98. The van der Waals surface area contributed by atoms with Gasteiger partial charge in [0.25, 0.3) is 0 Å². The first-order valence-corrected chi connectivity index (χ1v) is 6.02. The standard InChI is InChI=1S/C12H22N2O/c1-2-3-4-5-6-7-8-11(15)12-13-9-10-14-12/h9-11,15H,2-8H2,1H3,(H,13,14). The first-order chi connectivity index (χ1) is 7.34. The van der Waals surface area contributed by atoms with E-state index in [4.69, 9.17) is 0 Å². The second-order valence-corrected chi connectivity index (χ2v) is 4.05. The maximum Gasteiger partial charge on any atom is 0.134 e. The predicted octanol–water partition coefficient (Wildman–Crippen LogP) is 3.19. The van der Waals surface area contributed by atoms with Crippen molar-refractivity contribution >= 4 is 0 Å². The number of aromatic amines is 1. The van der Waals surface area contributed by atoms with E-state index in [0.29, 0.717) is 5.82 Å². The van der Waals surface area contributed by atoms with E-state index in [-0.39, 0.29) is 0 Å². The van der Waals surface area contributed by atoms with Gasteiger partial charge in [-0.15, -0.1) is 0 Å². The number of nitrogens with one attached hydrogen (secondary N) is 1. The Morgan fingerprint density at radius 3 is 2.67 bits per heavy atom. The van der Waals surface area contributed by atoms with Gasteiger partial charge in [-0.2, -0.15) is 0 Å². The van der Waals surface area contributed by atoms with Crippen molar-refractivity contribution in [3.8, 4) is 0 Å². The van der Waals surface area contributed by atoms with Gasteiger partial charge >= 0.3 is 0 Å². The van der Waals surface area contributed by atoms with Gasteiger partial charge in [0.1, 0.15) is 11.9 Å². The zero-order valence-corrected chi connectivity index (χ0v) is 9.58. The summed E-state index contributed by atoms with van der Waals surface area (Å²) in [6.07, 6.45) is 11.4. The Kier molecular flexibility index (Phi) is 6.09. The predicted molar refractivity (Wildman–Crippen MR) is 61.5 cm³/mol. The zero-order chi connectivity index (χ0) is 10.9. The molecule has 0 radical (unpaired) electrons. The Hall–Kier alpha value is -0.830. The van der Waals surface area contributed by atoms with Crippen molar-refractivity contribution in [3.63, 3.8) is 0 Å². The minimum absolute atomic E-state index is 0.411. The second kappa shape index (κ2) is 7.46. The van der Waals surface area contributed by atoms with Crippen LogP contribution < -0.4 is 0 Å². The number of hydrogen-bond donors (Lipinski definition) is 2. The van der Waals surface area contributed by atoms with E-state index in [1.54, 1.807) is 12.4 Å². The molecule has 2 N–H and O–H groups in total. The van der Waals surface area contributed by atoms with Crippen molar-refractivity contribution in [3.05, 3.63) is 18.2 Å². The monoisotopic (exact) mass is 210 g/mol. The molecule has 1 aromatic rings. The van der Waals surface area contributed by atoms with Gasteiger partial charge in [-0.05, 0) is 6.42 Å². The number of aliphatic hydroxyl groups is 1. The summed E-state index contributed by atoms with van der Waals surface area (Å²) in [5, 5.41) is 9.72. The number of nitrogens with zero attached hydrogens (tertiary/aromatic N) is 1. The molecule has 0 bridgehead atoms. The van der Waals surface area contributed by atoms with Gasteiger partial charge < -0.3 is 10.1 Å². The highest BCUT2D eigenvalue weighted by atomic mass is 16.3. The fraction of sp³-hybridized carbons (Fsp3) is 0.750. The molecule has 1 aromatic heterocycles. The summed E-state index contributed by atoms with van der Waals surface area (Å²) in [6.45, 7) is 2.22. The molecule has 0 aliphatic carbocycles. The Labute approximate surface area is 91.9 Å². The zero-order valence-electron chi connectivity index (χ0n) is 9.58. The molecule has 0 saturated carbocycles. The molecule has 0 fully saturated rings. The number of rotatable bonds is 8. The maximum atomic E-state index is 9.72. The summed E-state index contributed by atoms with van der Waals surface area (Å²) in [7, 11) is 0. The van der Waals surface area contributed by atoms with Crippen LogP contribution >= 0.6 is 0 Å². The van der Waals surface area contributed by atoms with Gasteiger partial charge in [0.15, 0.2) is 0 Å². The molecule has 1 unspecified atom stereocenters. The van der Waals surface area contributed by atoms with Crippen LogP contribution in [0.2, 0.25) is 0 Å². The minimum Gasteiger partial charge on any atom is -0.385 e. The summed E-state index contributed by atoms with van der Waals surface area (Å²) in [5.74, 6) is 0.698. The lowest BCUT2D eigenvalue weighted by Gasteiger charge is -2.06. The summed E-state index contributed by atoms with van der Waals surface area (Å²) in [5.41, 5.74) is 0. The quantitative estimate of drug-likeness (QED) is 0.647. The molecule has 3 nitrogen and oxygen atoms in total. The largest absolute Gasteiger partial charge is 0.385 e. The normalized spacial score (nSPS) is 12.9. The molecule has 3 heteroatoms. The number of aromatic nitrogens is 2. The lowest BCUT2D eigenvalue weighted by Crippen LogP contribution is -1.99. The molecule has 1 heterocycles. The van der Waals surface area contributed by atoms with E-state index in [1.165, 1.54) is 32.1 Å². The van der Waals surface area contributed by atoms with Crippen molar-refractivity contribution < 1.29 is 5.11 Å². The molecule has 1 atom stereocenters. The van der Waals surface area contributed by atoms with Crippen LogP contribution in [0.3, 0.4) is 0 Å². The molecule has 0 aliphatic rings. The summed E-state index contributed by atoms with van der Waals surface area (Å²) in [6, 6.07) is 0. The van der Waals surface area contributed by atoms with Crippen LogP contribution in [0.15, 0.2) is 12.4 Å². The van der Waals surface area contributed by atoms with Crippen molar-refractivity contribution in [2.24, 2.45) is 0 Å².